The second kappa shape index (κ2) is 7.81. The van der Waals surface area contributed by atoms with Crippen LogP contribution in [0.5, 0.6) is 11.5 Å². The van der Waals surface area contributed by atoms with E-state index in [0.29, 0.717) is 19.6 Å². The maximum atomic E-state index is 12.1. The smallest absolute Gasteiger partial charge is 0.237 e. The monoisotopic (exact) mass is 339 g/mol. The molecule has 1 unspecified atom stereocenters. The number of carbonyl (C=O) groups is 2. The summed E-state index contributed by atoms with van der Waals surface area (Å²) in [6, 6.07) is 16.8. The zero-order chi connectivity index (χ0) is 17.6. The van der Waals surface area contributed by atoms with Gasteiger partial charge in [0.05, 0.1) is 12.5 Å². The number of piperazine rings is 1. The molecule has 1 aliphatic heterocycles. The molecule has 2 amide bonds. The van der Waals surface area contributed by atoms with Crippen molar-refractivity contribution in [3.8, 4) is 11.5 Å². The molecule has 0 radical (unpaired) electrons. The van der Waals surface area contributed by atoms with Crippen LogP contribution in [0.3, 0.4) is 0 Å². The van der Waals surface area contributed by atoms with Crippen LogP contribution in [-0.2, 0) is 16.1 Å². The van der Waals surface area contributed by atoms with Crippen molar-refractivity contribution >= 4 is 11.8 Å². The lowest BCUT2D eigenvalue weighted by Gasteiger charge is -2.34. The highest BCUT2D eigenvalue weighted by Gasteiger charge is 2.30. The standard InChI is InChI=1S/C19H21N3O3/c20-18(23)12-17-19(24)21-9-10-22(17)13-14-5-4-8-16(11-14)25-15-6-2-1-3-7-15/h1-8,11,17H,9-10,12-13H2,(H2,20,23)(H,21,24). The van der Waals surface area contributed by atoms with Crippen LogP contribution < -0.4 is 15.8 Å². The molecular formula is C19H21N3O3. The maximum Gasteiger partial charge on any atom is 0.237 e. The Balaban J connectivity index is 1.72. The number of para-hydroxylation sites is 1. The van der Waals surface area contributed by atoms with Crippen molar-refractivity contribution in [2.45, 2.75) is 19.0 Å². The lowest BCUT2D eigenvalue weighted by molar-refractivity contribution is -0.133. The quantitative estimate of drug-likeness (QED) is 0.838. The predicted molar refractivity (Wildman–Crippen MR) is 94.0 cm³/mol. The summed E-state index contributed by atoms with van der Waals surface area (Å²) >= 11 is 0. The molecular weight excluding hydrogens is 318 g/mol. The van der Waals surface area contributed by atoms with Crippen LogP contribution in [0.2, 0.25) is 0 Å². The van der Waals surface area contributed by atoms with Crippen LogP contribution in [0.1, 0.15) is 12.0 Å². The average Bonchev–Trinajstić information content (AvgIpc) is 2.59. The highest BCUT2D eigenvalue weighted by Crippen LogP contribution is 2.23. The van der Waals surface area contributed by atoms with Crippen molar-refractivity contribution in [2.75, 3.05) is 13.1 Å². The summed E-state index contributed by atoms with van der Waals surface area (Å²) in [5, 5.41) is 2.78. The Kier molecular flexibility index (Phi) is 5.30. The van der Waals surface area contributed by atoms with Crippen LogP contribution in [-0.4, -0.2) is 35.8 Å². The molecule has 0 aliphatic carbocycles. The summed E-state index contributed by atoms with van der Waals surface area (Å²) in [6.45, 7) is 1.79. The molecule has 6 heteroatoms. The number of rotatable bonds is 6. The molecule has 1 fully saturated rings. The summed E-state index contributed by atoms with van der Waals surface area (Å²) < 4.78 is 5.85. The third-order valence-electron chi connectivity index (χ3n) is 4.10. The molecule has 1 heterocycles. The lowest BCUT2D eigenvalue weighted by Crippen LogP contribution is -2.55. The van der Waals surface area contributed by atoms with Gasteiger partial charge in [-0.05, 0) is 29.8 Å². The van der Waals surface area contributed by atoms with Crippen molar-refractivity contribution < 1.29 is 14.3 Å². The molecule has 25 heavy (non-hydrogen) atoms. The Hall–Kier alpha value is -2.86. The molecule has 2 aromatic rings. The van der Waals surface area contributed by atoms with E-state index < -0.39 is 11.9 Å². The number of hydrogen-bond acceptors (Lipinski definition) is 4. The van der Waals surface area contributed by atoms with Gasteiger partial charge in [-0.1, -0.05) is 30.3 Å². The number of nitrogens with one attached hydrogen (secondary N) is 1. The molecule has 3 rings (SSSR count). The molecule has 1 atom stereocenters. The first-order valence-electron chi connectivity index (χ1n) is 8.24. The largest absolute Gasteiger partial charge is 0.457 e. The lowest BCUT2D eigenvalue weighted by atomic mass is 10.1. The van der Waals surface area contributed by atoms with Crippen LogP contribution in [0, 0.1) is 0 Å². The van der Waals surface area contributed by atoms with Gasteiger partial charge in [-0.25, -0.2) is 0 Å². The first-order valence-corrected chi connectivity index (χ1v) is 8.24. The Labute approximate surface area is 146 Å². The van der Waals surface area contributed by atoms with Gasteiger partial charge >= 0.3 is 0 Å². The van der Waals surface area contributed by atoms with Crippen molar-refractivity contribution in [3.05, 3.63) is 60.2 Å². The third-order valence-corrected chi connectivity index (χ3v) is 4.10. The highest BCUT2D eigenvalue weighted by atomic mass is 16.5. The SMILES string of the molecule is NC(=O)CC1C(=O)NCCN1Cc1cccc(Oc2ccccc2)c1. The molecule has 1 saturated heterocycles. The topological polar surface area (TPSA) is 84.7 Å². The zero-order valence-electron chi connectivity index (χ0n) is 13.9. The number of ether oxygens (including phenoxy) is 1. The minimum Gasteiger partial charge on any atom is -0.457 e. The molecule has 0 bridgehead atoms. The molecule has 6 nitrogen and oxygen atoms in total. The van der Waals surface area contributed by atoms with Gasteiger partial charge in [0.15, 0.2) is 0 Å². The second-order valence-corrected chi connectivity index (χ2v) is 6.01. The van der Waals surface area contributed by atoms with E-state index in [1.54, 1.807) is 0 Å². The summed E-state index contributed by atoms with van der Waals surface area (Å²) in [6.07, 6.45) is 0.0199. The van der Waals surface area contributed by atoms with Gasteiger partial charge in [-0.15, -0.1) is 0 Å². The third kappa shape index (κ3) is 4.58. The van der Waals surface area contributed by atoms with E-state index in [1.165, 1.54) is 0 Å². The van der Waals surface area contributed by atoms with Crippen LogP contribution >= 0.6 is 0 Å². The number of nitrogens with two attached hydrogens (primary N) is 1. The van der Waals surface area contributed by atoms with Gasteiger partial charge in [-0.3, -0.25) is 14.5 Å². The first-order chi connectivity index (χ1) is 12.1. The minimum absolute atomic E-state index is 0.0199. The molecule has 2 aromatic carbocycles. The van der Waals surface area contributed by atoms with Gasteiger partial charge in [-0.2, -0.15) is 0 Å². The molecule has 0 aromatic heterocycles. The van der Waals surface area contributed by atoms with E-state index in [9.17, 15) is 9.59 Å². The normalized spacial score (nSPS) is 17.8. The van der Waals surface area contributed by atoms with E-state index >= 15 is 0 Å². The Morgan fingerprint density at radius 2 is 1.92 bits per heavy atom. The highest BCUT2D eigenvalue weighted by molar-refractivity contribution is 5.88. The van der Waals surface area contributed by atoms with E-state index in [2.05, 4.69) is 5.32 Å². The van der Waals surface area contributed by atoms with Crippen molar-refractivity contribution in [3.63, 3.8) is 0 Å². The average molecular weight is 339 g/mol. The fraction of sp³-hybridized carbons (Fsp3) is 0.263. The van der Waals surface area contributed by atoms with Gasteiger partial charge in [0.2, 0.25) is 11.8 Å². The fourth-order valence-corrected chi connectivity index (χ4v) is 2.93. The van der Waals surface area contributed by atoms with E-state index in [1.807, 2.05) is 59.5 Å². The molecule has 130 valence electrons. The minimum atomic E-state index is -0.523. The molecule has 1 aliphatic rings. The van der Waals surface area contributed by atoms with Crippen LogP contribution in [0.25, 0.3) is 0 Å². The summed E-state index contributed by atoms with van der Waals surface area (Å²) in [5.41, 5.74) is 6.30. The van der Waals surface area contributed by atoms with Crippen molar-refractivity contribution in [1.82, 2.24) is 10.2 Å². The van der Waals surface area contributed by atoms with E-state index in [-0.39, 0.29) is 12.3 Å². The molecule has 0 saturated carbocycles. The van der Waals surface area contributed by atoms with E-state index in [0.717, 1.165) is 17.1 Å². The number of nitrogens with zero attached hydrogens (tertiary/aromatic N) is 1. The number of hydrogen-bond donors (Lipinski definition) is 2. The number of primary amides is 1. The van der Waals surface area contributed by atoms with Gasteiger partial charge in [0.1, 0.15) is 11.5 Å². The second-order valence-electron chi connectivity index (χ2n) is 6.01. The fourth-order valence-electron chi connectivity index (χ4n) is 2.93. The number of amides is 2. The Morgan fingerprint density at radius 1 is 1.16 bits per heavy atom. The van der Waals surface area contributed by atoms with Gasteiger partial charge in [0, 0.05) is 19.6 Å². The Morgan fingerprint density at radius 3 is 2.68 bits per heavy atom. The van der Waals surface area contributed by atoms with Crippen LogP contribution in [0.15, 0.2) is 54.6 Å². The number of benzene rings is 2. The Bertz CT molecular complexity index is 749. The molecule has 0 spiro atoms. The predicted octanol–water partition coefficient (Wildman–Crippen LogP) is 1.65. The first kappa shape index (κ1) is 17.0. The van der Waals surface area contributed by atoms with Gasteiger partial charge < -0.3 is 15.8 Å². The summed E-state index contributed by atoms with van der Waals surface area (Å²) in [5.74, 6) is 0.871. The van der Waals surface area contributed by atoms with E-state index in [4.69, 9.17) is 10.5 Å². The summed E-state index contributed by atoms with van der Waals surface area (Å²) in [4.78, 5) is 25.3. The number of carbonyl (C=O) groups excluding carboxylic acids is 2. The van der Waals surface area contributed by atoms with Crippen molar-refractivity contribution in [1.29, 1.82) is 0 Å². The molecule has 3 N–H and O–H groups in total. The van der Waals surface area contributed by atoms with Crippen LogP contribution in [0.4, 0.5) is 0 Å². The maximum absolute atomic E-state index is 12.1. The van der Waals surface area contributed by atoms with Crippen molar-refractivity contribution in [2.24, 2.45) is 5.73 Å². The zero-order valence-corrected chi connectivity index (χ0v) is 13.9. The van der Waals surface area contributed by atoms with Gasteiger partial charge in [0.25, 0.3) is 0 Å². The summed E-state index contributed by atoms with van der Waals surface area (Å²) in [7, 11) is 0.